The van der Waals surface area contributed by atoms with Gasteiger partial charge in [-0.1, -0.05) is 32.0 Å². The molecule has 0 fully saturated rings. The van der Waals surface area contributed by atoms with Gasteiger partial charge in [0.25, 0.3) is 0 Å². The van der Waals surface area contributed by atoms with Gasteiger partial charge in [0, 0.05) is 19.6 Å². The Morgan fingerprint density at radius 2 is 2.15 bits per heavy atom. The van der Waals surface area contributed by atoms with E-state index in [4.69, 9.17) is 5.11 Å². The van der Waals surface area contributed by atoms with E-state index in [1.54, 1.807) is 0 Å². The second-order valence-electron chi connectivity index (χ2n) is 4.83. The van der Waals surface area contributed by atoms with Crippen molar-refractivity contribution in [2.24, 2.45) is 7.05 Å². The molecule has 6 nitrogen and oxygen atoms in total. The van der Waals surface area contributed by atoms with Crippen LogP contribution in [-0.2, 0) is 11.8 Å². The topological polar surface area (TPSA) is 71.2 Å². The average molecular weight is 300 g/mol. The van der Waals surface area contributed by atoms with Crippen molar-refractivity contribution in [2.45, 2.75) is 51.2 Å². The number of unbranched alkanes of at least 4 members (excludes halogenated alkanes) is 1. The summed E-state index contributed by atoms with van der Waals surface area (Å²) in [5, 5.41) is 17.7. The van der Waals surface area contributed by atoms with Gasteiger partial charge >= 0.3 is 5.97 Å². The largest absolute Gasteiger partial charge is 0.481 e. The predicted molar refractivity (Wildman–Crippen MR) is 81.4 cm³/mol. The van der Waals surface area contributed by atoms with Crippen LogP contribution in [0.2, 0.25) is 0 Å². The number of thioether (sulfide) groups is 1. The zero-order valence-corrected chi connectivity index (χ0v) is 13.5. The van der Waals surface area contributed by atoms with Gasteiger partial charge in [-0.2, -0.15) is 0 Å². The molecule has 0 bridgehead atoms. The summed E-state index contributed by atoms with van der Waals surface area (Å²) in [6, 6.07) is 0.391. The normalized spacial score (nSPS) is 12.4. The Kier molecular flexibility index (Phi) is 6.84. The number of rotatable bonds is 9. The molecule has 1 heterocycles. The molecule has 1 N–H and O–H groups in total. The van der Waals surface area contributed by atoms with Crippen molar-refractivity contribution in [3.8, 4) is 0 Å². The third-order valence-corrected chi connectivity index (χ3v) is 4.27. The molecule has 1 atom stereocenters. The van der Waals surface area contributed by atoms with Crippen LogP contribution in [-0.4, -0.2) is 44.2 Å². The maximum atomic E-state index is 10.6. The molecule has 0 aliphatic heterocycles. The van der Waals surface area contributed by atoms with Crippen LogP contribution in [0, 0.1) is 0 Å². The van der Waals surface area contributed by atoms with Gasteiger partial charge in [-0.15, -0.1) is 10.2 Å². The highest BCUT2D eigenvalue weighted by Crippen LogP contribution is 2.22. The minimum atomic E-state index is -0.843. The lowest BCUT2D eigenvalue weighted by Crippen LogP contribution is -2.35. The van der Waals surface area contributed by atoms with Crippen molar-refractivity contribution in [3.63, 3.8) is 0 Å². The van der Waals surface area contributed by atoms with Crippen LogP contribution < -0.4 is 4.90 Å². The number of carboxylic acids is 1. The van der Waals surface area contributed by atoms with Gasteiger partial charge in [-0.05, 0) is 19.8 Å². The van der Waals surface area contributed by atoms with Crippen molar-refractivity contribution in [1.82, 2.24) is 14.8 Å². The average Bonchev–Trinajstić information content (AvgIpc) is 2.78. The summed E-state index contributed by atoms with van der Waals surface area (Å²) in [5.74, 6) is -0.0189. The van der Waals surface area contributed by atoms with E-state index in [-0.39, 0.29) is 5.75 Å². The lowest BCUT2D eigenvalue weighted by Gasteiger charge is -2.29. The zero-order chi connectivity index (χ0) is 15.1. The molecule has 0 aromatic carbocycles. The standard InChI is InChI=1S/C13H24N4O2S/c1-5-7-8-17(10(3)6-2)12-14-15-13(16(12)4)20-9-11(18)19/h10H,5-9H2,1-4H3,(H,18,19). The molecule has 7 heteroatoms. The Morgan fingerprint density at radius 3 is 2.70 bits per heavy atom. The zero-order valence-electron chi connectivity index (χ0n) is 12.7. The van der Waals surface area contributed by atoms with Gasteiger partial charge in [0.1, 0.15) is 0 Å². The fourth-order valence-electron chi connectivity index (χ4n) is 1.88. The molecule has 0 aliphatic carbocycles. The molecule has 1 aromatic heterocycles. The predicted octanol–water partition coefficient (Wildman–Crippen LogP) is 2.40. The van der Waals surface area contributed by atoms with E-state index < -0.39 is 5.97 Å². The number of aliphatic carboxylic acids is 1. The smallest absolute Gasteiger partial charge is 0.313 e. The number of aromatic nitrogens is 3. The lowest BCUT2D eigenvalue weighted by atomic mass is 10.2. The van der Waals surface area contributed by atoms with Gasteiger partial charge in [-0.3, -0.25) is 9.36 Å². The lowest BCUT2D eigenvalue weighted by molar-refractivity contribution is -0.133. The molecule has 1 unspecified atom stereocenters. The second-order valence-corrected chi connectivity index (χ2v) is 5.77. The summed E-state index contributed by atoms with van der Waals surface area (Å²) in [7, 11) is 1.89. The molecular formula is C13H24N4O2S. The fourth-order valence-corrected chi connectivity index (χ4v) is 2.50. The Morgan fingerprint density at radius 1 is 1.45 bits per heavy atom. The van der Waals surface area contributed by atoms with Crippen molar-refractivity contribution in [1.29, 1.82) is 0 Å². The van der Waals surface area contributed by atoms with E-state index in [2.05, 4.69) is 35.9 Å². The molecule has 20 heavy (non-hydrogen) atoms. The fraction of sp³-hybridized carbons (Fsp3) is 0.769. The van der Waals surface area contributed by atoms with E-state index in [1.165, 1.54) is 11.8 Å². The SMILES string of the molecule is CCCCN(c1nnc(SCC(=O)O)n1C)C(C)CC. The van der Waals surface area contributed by atoms with E-state index in [1.807, 2.05) is 11.6 Å². The monoisotopic (exact) mass is 300 g/mol. The molecule has 0 saturated carbocycles. The summed E-state index contributed by atoms with van der Waals surface area (Å²) < 4.78 is 1.88. The van der Waals surface area contributed by atoms with Crippen LogP contribution in [0.25, 0.3) is 0 Å². The molecule has 0 radical (unpaired) electrons. The molecular weight excluding hydrogens is 276 g/mol. The van der Waals surface area contributed by atoms with Crippen molar-refractivity contribution >= 4 is 23.7 Å². The quantitative estimate of drug-likeness (QED) is 0.706. The second kappa shape index (κ2) is 8.14. The molecule has 1 aromatic rings. The van der Waals surface area contributed by atoms with Crippen molar-refractivity contribution in [2.75, 3.05) is 17.2 Å². The van der Waals surface area contributed by atoms with Crippen molar-refractivity contribution in [3.05, 3.63) is 0 Å². The summed E-state index contributed by atoms with van der Waals surface area (Å²) in [6.07, 6.45) is 3.27. The molecule has 0 spiro atoms. The van der Waals surface area contributed by atoms with Gasteiger partial charge < -0.3 is 10.0 Å². The minimum Gasteiger partial charge on any atom is -0.481 e. The van der Waals surface area contributed by atoms with E-state index in [9.17, 15) is 4.79 Å². The summed E-state index contributed by atoms with van der Waals surface area (Å²) in [4.78, 5) is 12.9. The summed E-state index contributed by atoms with van der Waals surface area (Å²) in [5.41, 5.74) is 0. The first kappa shape index (κ1) is 16.8. The maximum absolute atomic E-state index is 10.6. The van der Waals surface area contributed by atoms with Crippen LogP contribution in [0.15, 0.2) is 5.16 Å². The van der Waals surface area contributed by atoms with Crippen LogP contribution >= 0.6 is 11.8 Å². The van der Waals surface area contributed by atoms with E-state index in [0.717, 1.165) is 31.8 Å². The Hall–Kier alpha value is -1.24. The Balaban J connectivity index is 2.87. The molecule has 0 amide bonds. The number of hydrogen-bond donors (Lipinski definition) is 1. The van der Waals surface area contributed by atoms with Gasteiger partial charge in [0.05, 0.1) is 5.75 Å². The Labute approximate surface area is 124 Å². The number of carbonyl (C=O) groups is 1. The molecule has 114 valence electrons. The number of carboxylic acid groups (broad SMARTS) is 1. The molecule has 0 saturated heterocycles. The number of hydrogen-bond acceptors (Lipinski definition) is 5. The van der Waals surface area contributed by atoms with Gasteiger partial charge in [0.15, 0.2) is 5.16 Å². The van der Waals surface area contributed by atoms with Crippen LogP contribution in [0.4, 0.5) is 5.95 Å². The minimum absolute atomic E-state index is 0.00423. The van der Waals surface area contributed by atoms with Gasteiger partial charge in [-0.25, -0.2) is 0 Å². The highest BCUT2D eigenvalue weighted by Gasteiger charge is 2.20. The van der Waals surface area contributed by atoms with Crippen LogP contribution in [0.5, 0.6) is 0 Å². The maximum Gasteiger partial charge on any atom is 0.313 e. The van der Waals surface area contributed by atoms with Crippen LogP contribution in [0.1, 0.15) is 40.0 Å². The molecule has 0 aliphatic rings. The van der Waals surface area contributed by atoms with Gasteiger partial charge in [0.2, 0.25) is 5.95 Å². The first-order valence-corrected chi connectivity index (χ1v) is 8.00. The first-order chi connectivity index (χ1) is 9.51. The summed E-state index contributed by atoms with van der Waals surface area (Å²) >= 11 is 1.20. The highest BCUT2D eigenvalue weighted by atomic mass is 32.2. The van der Waals surface area contributed by atoms with Crippen molar-refractivity contribution < 1.29 is 9.90 Å². The number of nitrogens with zero attached hydrogens (tertiary/aromatic N) is 4. The number of anilines is 1. The summed E-state index contributed by atoms with van der Waals surface area (Å²) in [6.45, 7) is 7.44. The van der Waals surface area contributed by atoms with E-state index >= 15 is 0 Å². The Bertz CT molecular complexity index is 436. The highest BCUT2D eigenvalue weighted by molar-refractivity contribution is 7.99. The van der Waals surface area contributed by atoms with Crippen LogP contribution in [0.3, 0.4) is 0 Å². The third kappa shape index (κ3) is 4.40. The van der Waals surface area contributed by atoms with E-state index in [0.29, 0.717) is 11.2 Å². The molecule has 1 rings (SSSR count). The first-order valence-electron chi connectivity index (χ1n) is 7.01. The third-order valence-electron chi connectivity index (χ3n) is 3.27.